The third kappa shape index (κ3) is 4.92. The van der Waals surface area contributed by atoms with Crippen molar-refractivity contribution in [1.82, 2.24) is 9.88 Å². The number of benzene rings is 2. The molecule has 0 bridgehead atoms. The third-order valence-electron chi connectivity index (χ3n) is 5.51. The predicted molar refractivity (Wildman–Crippen MR) is 117 cm³/mol. The zero-order valence-electron chi connectivity index (χ0n) is 17.4. The van der Waals surface area contributed by atoms with E-state index in [9.17, 15) is 14.7 Å². The van der Waals surface area contributed by atoms with E-state index in [-0.39, 0.29) is 18.4 Å². The Hall–Kier alpha value is -3.47. The zero-order valence-corrected chi connectivity index (χ0v) is 17.4. The Morgan fingerprint density at radius 2 is 1.63 bits per heavy atom. The number of carbonyl (C=O) groups is 2. The van der Waals surface area contributed by atoms with Crippen LogP contribution in [0.4, 0.5) is 0 Å². The largest absolute Gasteiger partial charge is 0.481 e. The second kappa shape index (κ2) is 9.35. The molecule has 0 saturated carbocycles. The first kappa shape index (κ1) is 21.2. The lowest BCUT2D eigenvalue weighted by atomic mass is 9.94. The molecule has 0 aliphatic heterocycles. The van der Waals surface area contributed by atoms with Crippen LogP contribution in [0.25, 0.3) is 11.1 Å². The Bertz CT molecular complexity index is 1020. The maximum absolute atomic E-state index is 12.9. The van der Waals surface area contributed by atoms with E-state index in [2.05, 4.69) is 11.1 Å². The molecule has 0 fully saturated rings. The van der Waals surface area contributed by atoms with Crippen molar-refractivity contribution in [2.45, 2.75) is 32.2 Å². The van der Waals surface area contributed by atoms with Gasteiger partial charge in [0.15, 0.2) is 0 Å². The molecule has 0 spiro atoms. The van der Waals surface area contributed by atoms with Gasteiger partial charge in [0, 0.05) is 25.9 Å². The van der Waals surface area contributed by atoms with Crippen LogP contribution in [0.3, 0.4) is 0 Å². The fourth-order valence-corrected chi connectivity index (χ4v) is 3.43. The molecule has 2 unspecified atom stereocenters. The van der Waals surface area contributed by atoms with Gasteiger partial charge in [-0.1, -0.05) is 48.0 Å². The lowest BCUT2D eigenvalue weighted by Crippen LogP contribution is -2.32. The second-order valence-corrected chi connectivity index (χ2v) is 7.55. The van der Waals surface area contributed by atoms with Crippen LogP contribution < -0.4 is 0 Å². The van der Waals surface area contributed by atoms with E-state index in [4.69, 9.17) is 0 Å². The molecule has 2 aromatic carbocycles. The number of aliphatic carboxylic acids is 1. The maximum atomic E-state index is 12.9. The number of carboxylic acid groups (broad SMARTS) is 1. The van der Waals surface area contributed by atoms with Crippen molar-refractivity contribution < 1.29 is 14.7 Å². The number of amides is 1. The summed E-state index contributed by atoms with van der Waals surface area (Å²) in [4.78, 5) is 30.4. The van der Waals surface area contributed by atoms with E-state index in [0.717, 1.165) is 22.3 Å². The molecule has 1 aromatic heterocycles. The van der Waals surface area contributed by atoms with Crippen LogP contribution in [0.1, 0.15) is 42.0 Å². The molecule has 1 heterocycles. The lowest BCUT2D eigenvalue weighted by Gasteiger charge is -2.27. The summed E-state index contributed by atoms with van der Waals surface area (Å²) in [5, 5.41) is 9.67. The Morgan fingerprint density at radius 1 is 0.967 bits per heavy atom. The van der Waals surface area contributed by atoms with Gasteiger partial charge >= 0.3 is 5.97 Å². The van der Waals surface area contributed by atoms with E-state index in [1.807, 2.05) is 56.3 Å². The molecule has 1 amide bonds. The Labute approximate surface area is 177 Å². The number of hydrogen-bond donors (Lipinski definition) is 1. The van der Waals surface area contributed by atoms with Gasteiger partial charge in [0.1, 0.15) is 0 Å². The molecule has 30 heavy (non-hydrogen) atoms. The van der Waals surface area contributed by atoms with Crippen LogP contribution >= 0.6 is 0 Å². The fourth-order valence-electron chi connectivity index (χ4n) is 3.43. The smallest absolute Gasteiger partial charge is 0.311 e. The number of aryl methyl sites for hydroxylation is 1. The highest BCUT2D eigenvalue weighted by atomic mass is 16.4. The molecule has 0 saturated heterocycles. The van der Waals surface area contributed by atoms with Gasteiger partial charge in [-0.25, -0.2) is 0 Å². The van der Waals surface area contributed by atoms with Crippen molar-refractivity contribution in [3.05, 3.63) is 89.7 Å². The molecule has 5 nitrogen and oxygen atoms in total. The predicted octanol–water partition coefficient (Wildman–Crippen LogP) is 4.83. The fraction of sp³-hybridized carbons (Fsp3) is 0.240. The van der Waals surface area contributed by atoms with Crippen molar-refractivity contribution in [1.29, 1.82) is 0 Å². The van der Waals surface area contributed by atoms with Crippen molar-refractivity contribution in [2.24, 2.45) is 0 Å². The van der Waals surface area contributed by atoms with Gasteiger partial charge in [-0.3, -0.25) is 14.6 Å². The summed E-state index contributed by atoms with van der Waals surface area (Å²) < 4.78 is 0. The van der Waals surface area contributed by atoms with Crippen LogP contribution in [-0.4, -0.2) is 33.9 Å². The molecule has 154 valence electrons. The van der Waals surface area contributed by atoms with Crippen LogP contribution in [-0.2, 0) is 9.59 Å². The summed E-state index contributed by atoms with van der Waals surface area (Å²) in [5.41, 5.74) is 4.78. The third-order valence-corrected chi connectivity index (χ3v) is 5.51. The summed E-state index contributed by atoms with van der Waals surface area (Å²) in [7, 11) is 1.72. The maximum Gasteiger partial charge on any atom is 0.311 e. The van der Waals surface area contributed by atoms with Crippen molar-refractivity contribution >= 4 is 11.9 Å². The first-order valence-corrected chi connectivity index (χ1v) is 9.92. The van der Waals surface area contributed by atoms with E-state index < -0.39 is 11.9 Å². The number of carboxylic acids is 1. The lowest BCUT2D eigenvalue weighted by molar-refractivity contribution is -0.143. The minimum atomic E-state index is -0.993. The van der Waals surface area contributed by atoms with Gasteiger partial charge in [-0.2, -0.15) is 0 Å². The molecule has 3 aromatic rings. The normalized spacial score (nSPS) is 12.8. The number of carbonyl (C=O) groups excluding carboxylic acids is 1. The summed E-state index contributed by atoms with van der Waals surface area (Å²) in [5.74, 6) is -2.06. The minimum absolute atomic E-state index is 0.0801. The topological polar surface area (TPSA) is 70.5 Å². The van der Waals surface area contributed by atoms with Gasteiger partial charge < -0.3 is 10.0 Å². The van der Waals surface area contributed by atoms with Crippen LogP contribution in [0, 0.1) is 6.92 Å². The Morgan fingerprint density at radius 3 is 2.27 bits per heavy atom. The van der Waals surface area contributed by atoms with Crippen molar-refractivity contribution in [3.8, 4) is 11.1 Å². The van der Waals surface area contributed by atoms with E-state index >= 15 is 0 Å². The number of pyridine rings is 1. The molecule has 0 aliphatic carbocycles. The number of nitrogens with zero attached hydrogens (tertiary/aromatic N) is 2. The monoisotopic (exact) mass is 402 g/mol. The van der Waals surface area contributed by atoms with Gasteiger partial charge in [0.2, 0.25) is 5.91 Å². The molecule has 2 atom stereocenters. The average Bonchev–Trinajstić information content (AvgIpc) is 2.77. The van der Waals surface area contributed by atoms with Gasteiger partial charge in [-0.05, 0) is 54.3 Å². The summed E-state index contributed by atoms with van der Waals surface area (Å²) >= 11 is 0. The first-order valence-electron chi connectivity index (χ1n) is 9.92. The Balaban J connectivity index is 1.76. The van der Waals surface area contributed by atoms with Crippen molar-refractivity contribution in [3.63, 3.8) is 0 Å². The molecule has 1 N–H and O–H groups in total. The summed E-state index contributed by atoms with van der Waals surface area (Å²) in [6.07, 6.45) is 3.42. The van der Waals surface area contributed by atoms with Crippen molar-refractivity contribution in [2.75, 3.05) is 7.05 Å². The highest BCUT2D eigenvalue weighted by Crippen LogP contribution is 2.28. The molecule has 0 radical (unpaired) electrons. The van der Waals surface area contributed by atoms with E-state index in [0.29, 0.717) is 5.56 Å². The number of rotatable bonds is 7. The standard InChI is InChI=1S/C25H26N2O3/c1-17-7-9-20(10-8-17)23(25(29)30)16-24(28)27(3)18(2)21-5-4-6-22(15-21)19-11-13-26-14-12-19/h4-15,18,23H,16H2,1-3H3,(H,29,30). The summed E-state index contributed by atoms with van der Waals surface area (Å²) in [6, 6.07) is 19.0. The minimum Gasteiger partial charge on any atom is -0.481 e. The molecule has 5 heteroatoms. The van der Waals surface area contributed by atoms with Gasteiger partial charge in [0.05, 0.1) is 12.0 Å². The second-order valence-electron chi connectivity index (χ2n) is 7.55. The summed E-state index contributed by atoms with van der Waals surface area (Å²) in [6.45, 7) is 3.89. The highest BCUT2D eigenvalue weighted by molar-refractivity contribution is 5.86. The zero-order chi connectivity index (χ0) is 21.7. The van der Waals surface area contributed by atoms with E-state index in [1.54, 1.807) is 36.5 Å². The Kier molecular flexibility index (Phi) is 6.62. The first-order chi connectivity index (χ1) is 14.4. The van der Waals surface area contributed by atoms with E-state index in [1.165, 1.54) is 0 Å². The van der Waals surface area contributed by atoms with Crippen LogP contribution in [0.5, 0.6) is 0 Å². The molecule has 3 rings (SSSR count). The van der Waals surface area contributed by atoms with Crippen LogP contribution in [0.2, 0.25) is 0 Å². The number of aromatic nitrogens is 1. The SMILES string of the molecule is Cc1ccc(C(CC(=O)N(C)C(C)c2cccc(-c3ccncc3)c2)C(=O)O)cc1. The van der Waals surface area contributed by atoms with Gasteiger partial charge in [0.25, 0.3) is 0 Å². The quantitative estimate of drug-likeness (QED) is 0.614. The molecular formula is C25H26N2O3. The van der Waals surface area contributed by atoms with Gasteiger partial charge in [-0.15, -0.1) is 0 Å². The number of hydrogen-bond acceptors (Lipinski definition) is 3. The molecule has 0 aliphatic rings. The highest BCUT2D eigenvalue weighted by Gasteiger charge is 2.27. The van der Waals surface area contributed by atoms with Crippen LogP contribution in [0.15, 0.2) is 73.1 Å². The average molecular weight is 402 g/mol. The molecular weight excluding hydrogens is 376 g/mol.